The molecule has 0 spiro atoms. The Hall–Kier alpha value is -3.39. The molecule has 2 unspecified atom stereocenters. The van der Waals surface area contributed by atoms with Crippen LogP contribution in [-0.4, -0.2) is 22.7 Å². The number of allylic oxidation sites excluding steroid dienone is 1. The maximum absolute atomic E-state index is 13.0. The molecule has 2 aliphatic rings. The SMILES string of the molecule is CC(CC(=O)C1C=N/C(c2c(C#N)c3cc(C#N)ccc3n2C2CCCC2)=C\CCC1)C(F)(F)F. The molecule has 2 heterocycles. The zero-order chi connectivity index (χ0) is 25.2. The quantitative estimate of drug-likeness (QED) is 0.468. The fourth-order valence-corrected chi connectivity index (χ4v) is 5.14. The van der Waals surface area contributed by atoms with E-state index in [2.05, 4.69) is 21.7 Å². The third-order valence-corrected chi connectivity index (χ3v) is 7.11. The van der Waals surface area contributed by atoms with Crippen molar-refractivity contribution in [3.8, 4) is 12.1 Å². The highest BCUT2D eigenvalue weighted by Gasteiger charge is 2.38. The molecule has 1 saturated carbocycles. The molecule has 0 amide bonds. The van der Waals surface area contributed by atoms with Gasteiger partial charge in [0.1, 0.15) is 11.9 Å². The van der Waals surface area contributed by atoms with Gasteiger partial charge in [-0.1, -0.05) is 25.8 Å². The minimum atomic E-state index is -4.41. The highest BCUT2D eigenvalue weighted by Crippen LogP contribution is 2.40. The predicted octanol–water partition coefficient (Wildman–Crippen LogP) is 6.87. The zero-order valence-electron chi connectivity index (χ0n) is 19.6. The van der Waals surface area contributed by atoms with Gasteiger partial charge in [0.25, 0.3) is 0 Å². The first-order valence-electron chi connectivity index (χ1n) is 12.1. The van der Waals surface area contributed by atoms with Crippen LogP contribution in [0.2, 0.25) is 0 Å². The van der Waals surface area contributed by atoms with E-state index in [0.29, 0.717) is 47.2 Å². The van der Waals surface area contributed by atoms with E-state index in [1.165, 1.54) is 6.21 Å². The van der Waals surface area contributed by atoms with Crippen LogP contribution in [-0.2, 0) is 4.79 Å². The van der Waals surface area contributed by atoms with E-state index in [1.807, 2.05) is 12.1 Å². The molecule has 1 aliphatic carbocycles. The van der Waals surface area contributed by atoms with Gasteiger partial charge >= 0.3 is 6.18 Å². The topological polar surface area (TPSA) is 81.9 Å². The van der Waals surface area contributed by atoms with Crippen molar-refractivity contribution in [2.75, 3.05) is 0 Å². The summed E-state index contributed by atoms with van der Waals surface area (Å²) in [5.74, 6) is -2.85. The first-order valence-corrected chi connectivity index (χ1v) is 12.1. The molecule has 35 heavy (non-hydrogen) atoms. The van der Waals surface area contributed by atoms with Crippen molar-refractivity contribution in [1.29, 1.82) is 10.5 Å². The lowest BCUT2D eigenvalue weighted by molar-refractivity contribution is -0.174. The van der Waals surface area contributed by atoms with E-state index in [-0.39, 0.29) is 6.04 Å². The van der Waals surface area contributed by atoms with Crippen LogP contribution >= 0.6 is 0 Å². The van der Waals surface area contributed by atoms with Crippen LogP contribution in [0.5, 0.6) is 0 Å². The summed E-state index contributed by atoms with van der Waals surface area (Å²) >= 11 is 0. The lowest BCUT2D eigenvalue weighted by Crippen LogP contribution is -2.26. The summed E-state index contributed by atoms with van der Waals surface area (Å²) in [6.45, 7) is 1.03. The van der Waals surface area contributed by atoms with Gasteiger partial charge in [0, 0.05) is 24.1 Å². The van der Waals surface area contributed by atoms with Crippen molar-refractivity contribution in [2.24, 2.45) is 16.8 Å². The summed E-state index contributed by atoms with van der Waals surface area (Å²) in [5.41, 5.74) is 2.99. The number of benzene rings is 1. The van der Waals surface area contributed by atoms with Gasteiger partial charge in [-0.2, -0.15) is 23.7 Å². The maximum atomic E-state index is 13.0. The van der Waals surface area contributed by atoms with Crippen molar-refractivity contribution in [1.82, 2.24) is 4.57 Å². The number of alkyl halides is 3. The number of nitriles is 2. The number of carbonyl (C=O) groups is 1. The van der Waals surface area contributed by atoms with Crippen molar-refractivity contribution in [3.63, 3.8) is 0 Å². The number of fused-ring (bicyclic) bond motifs is 1. The molecule has 2 aromatic rings. The normalized spacial score (nSPS) is 21.5. The maximum Gasteiger partial charge on any atom is 0.391 e. The van der Waals surface area contributed by atoms with Crippen LogP contribution in [0.3, 0.4) is 0 Å². The standard InChI is InChI=1S/C27H27F3N4O/c1-17(27(28,29)30)12-25(35)19-6-2-5-9-23(33-16-19)26-22(15-32)21-13-18(14-31)10-11-24(21)34(26)20-7-3-4-8-20/h9-11,13,16-17,19-20H,2-8,12H2,1H3/b23-9-,33-16?. The van der Waals surface area contributed by atoms with Crippen LogP contribution in [0.4, 0.5) is 13.2 Å². The van der Waals surface area contributed by atoms with Gasteiger partial charge in [-0.05, 0) is 50.3 Å². The Bertz CT molecular complexity index is 1270. The predicted molar refractivity (Wildman–Crippen MR) is 128 cm³/mol. The third-order valence-electron chi connectivity index (χ3n) is 7.11. The van der Waals surface area contributed by atoms with Crippen LogP contribution in [0.25, 0.3) is 16.6 Å². The summed E-state index contributed by atoms with van der Waals surface area (Å²) in [6, 6.07) is 9.96. The molecule has 4 rings (SSSR count). The second kappa shape index (κ2) is 10.1. The number of Topliss-reactive ketones (excluding diaryl/α,β-unsaturated/α-hetero) is 1. The lowest BCUT2D eigenvalue weighted by atomic mass is 9.91. The molecular weight excluding hydrogens is 453 g/mol. The monoisotopic (exact) mass is 480 g/mol. The first kappa shape index (κ1) is 24.7. The van der Waals surface area contributed by atoms with Gasteiger partial charge in [-0.15, -0.1) is 0 Å². The number of carbonyl (C=O) groups excluding carboxylic acids is 1. The van der Waals surface area contributed by atoms with E-state index >= 15 is 0 Å². The fraction of sp³-hybridized carbons (Fsp3) is 0.481. The average molecular weight is 481 g/mol. The first-order chi connectivity index (χ1) is 16.7. The van der Waals surface area contributed by atoms with E-state index in [1.54, 1.807) is 12.1 Å². The van der Waals surface area contributed by atoms with E-state index in [9.17, 15) is 28.5 Å². The minimum absolute atomic E-state index is 0.189. The molecule has 0 bridgehead atoms. The number of ketones is 1. The molecule has 8 heteroatoms. The third kappa shape index (κ3) is 5.03. The molecule has 1 fully saturated rings. The largest absolute Gasteiger partial charge is 0.391 e. The Morgan fingerprint density at radius 2 is 1.91 bits per heavy atom. The Morgan fingerprint density at radius 3 is 2.57 bits per heavy atom. The number of aromatic nitrogens is 1. The van der Waals surface area contributed by atoms with Gasteiger partial charge < -0.3 is 4.57 Å². The highest BCUT2D eigenvalue weighted by atomic mass is 19.4. The molecule has 2 atom stereocenters. The molecule has 5 nitrogen and oxygen atoms in total. The molecular formula is C27H27F3N4O. The van der Waals surface area contributed by atoms with Gasteiger partial charge in [0.2, 0.25) is 0 Å². The van der Waals surface area contributed by atoms with Crippen LogP contribution < -0.4 is 0 Å². The molecule has 0 saturated heterocycles. The van der Waals surface area contributed by atoms with Gasteiger partial charge in [-0.25, -0.2) is 0 Å². The van der Waals surface area contributed by atoms with E-state index in [4.69, 9.17) is 0 Å². The summed E-state index contributed by atoms with van der Waals surface area (Å²) in [6.07, 6.45) is 4.21. The van der Waals surface area contributed by atoms with Crippen LogP contribution in [0.15, 0.2) is 29.3 Å². The number of rotatable bonds is 5. The second-order valence-corrected chi connectivity index (χ2v) is 9.51. The molecule has 1 aromatic heterocycles. The van der Waals surface area contributed by atoms with E-state index < -0.39 is 30.2 Å². The van der Waals surface area contributed by atoms with Crippen molar-refractivity contribution < 1.29 is 18.0 Å². The molecule has 0 radical (unpaired) electrons. The second-order valence-electron chi connectivity index (χ2n) is 9.51. The average Bonchev–Trinajstić information content (AvgIpc) is 3.43. The number of hydrogen-bond donors (Lipinski definition) is 0. The number of halogens is 3. The van der Waals surface area contributed by atoms with Gasteiger partial charge in [0.15, 0.2) is 0 Å². The molecule has 1 aliphatic heterocycles. The van der Waals surface area contributed by atoms with Crippen molar-refractivity contribution in [2.45, 2.75) is 70.5 Å². The number of nitrogens with zero attached hydrogens (tertiary/aromatic N) is 4. The Morgan fingerprint density at radius 1 is 1.17 bits per heavy atom. The zero-order valence-corrected chi connectivity index (χ0v) is 19.6. The summed E-state index contributed by atoms with van der Waals surface area (Å²) in [7, 11) is 0. The lowest BCUT2D eigenvalue weighted by Gasteiger charge is -2.20. The smallest absolute Gasteiger partial charge is 0.335 e. The van der Waals surface area contributed by atoms with Crippen LogP contribution in [0.1, 0.15) is 81.2 Å². The molecule has 0 N–H and O–H groups in total. The van der Waals surface area contributed by atoms with Gasteiger partial charge in [-0.3, -0.25) is 9.79 Å². The minimum Gasteiger partial charge on any atom is -0.335 e. The van der Waals surface area contributed by atoms with Crippen LogP contribution in [0, 0.1) is 34.5 Å². The summed E-state index contributed by atoms with van der Waals surface area (Å²) in [5, 5.41) is 20.2. The fourth-order valence-electron chi connectivity index (χ4n) is 5.14. The Balaban J connectivity index is 1.77. The molecule has 182 valence electrons. The van der Waals surface area contributed by atoms with Crippen molar-refractivity contribution >= 4 is 28.6 Å². The van der Waals surface area contributed by atoms with E-state index in [0.717, 1.165) is 38.1 Å². The summed E-state index contributed by atoms with van der Waals surface area (Å²) < 4.78 is 41.1. The number of hydrogen-bond acceptors (Lipinski definition) is 4. The van der Waals surface area contributed by atoms with Gasteiger partial charge in [0.05, 0.1) is 45.9 Å². The Labute approximate surface area is 202 Å². The highest BCUT2D eigenvalue weighted by molar-refractivity contribution is 5.98. The summed E-state index contributed by atoms with van der Waals surface area (Å²) in [4.78, 5) is 17.3. The Kier molecular flexibility index (Phi) is 7.12. The van der Waals surface area contributed by atoms with Crippen molar-refractivity contribution in [3.05, 3.63) is 41.1 Å². The number of aliphatic imine (C=N–C) groups is 1. The molecule has 1 aromatic carbocycles.